The van der Waals surface area contributed by atoms with Gasteiger partial charge in [-0.2, -0.15) is 0 Å². The number of rotatable bonds is 3. The van der Waals surface area contributed by atoms with E-state index in [0.717, 1.165) is 56.2 Å². The Morgan fingerprint density at radius 2 is 2.30 bits per heavy atom. The van der Waals surface area contributed by atoms with Crippen LogP contribution in [0.2, 0.25) is 0 Å². The number of aliphatic imine (C=N–C) groups is 1. The van der Waals surface area contributed by atoms with E-state index < -0.39 is 0 Å². The molecule has 5 nitrogen and oxygen atoms in total. The van der Waals surface area contributed by atoms with Gasteiger partial charge in [-0.3, -0.25) is 9.79 Å². The Labute approximate surface area is 119 Å². The number of amides is 1. The van der Waals surface area contributed by atoms with E-state index in [1.807, 2.05) is 17.0 Å². The van der Waals surface area contributed by atoms with Gasteiger partial charge in [-0.25, -0.2) is 0 Å². The van der Waals surface area contributed by atoms with Gasteiger partial charge in [0.2, 0.25) is 5.91 Å². The average Bonchev–Trinajstić information content (AvgIpc) is 2.93. The fourth-order valence-electron chi connectivity index (χ4n) is 2.59. The molecule has 5 heteroatoms. The van der Waals surface area contributed by atoms with Crippen LogP contribution in [0.15, 0.2) is 29.3 Å². The van der Waals surface area contributed by atoms with Gasteiger partial charge in [-0.1, -0.05) is 12.1 Å². The van der Waals surface area contributed by atoms with Crippen LogP contribution in [0.1, 0.15) is 24.8 Å². The summed E-state index contributed by atoms with van der Waals surface area (Å²) in [7, 11) is 0. The molecule has 0 bridgehead atoms. The monoisotopic (exact) mass is 272 g/mol. The Bertz CT molecular complexity index is 526. The minimum absolute atomic E-state index is 0.230. The number of guanidine groups is 1. The summed E-state index contributed by atoms with van der Waals surface area (Å²) in [6, 6.07) is 8.16. The van der Waals surface area contributed by atoms with E-state index in [0.29, 0.717) is 6.42 Å². The lowest BCUT2D eigenvalue weighted by atomic mass is 10.2. The summed E-state index contributed by atoms with van der Waals surface area (Å²) in [5, 5.41) is 6.54. The molecular formula is C15H20N4O. The zero-order valence-electron chi connectivity index (χ0n) is 11.6. The zero-order valence-corrected chi connectivity index (χ0v) is 11.6. The number of nitrogens with one attached hydrogen (secondary N) is 2. The first kappa shape index (κ1) is 13.0. The summed E-state index contributed by atoms with van der Waals surface area (Å²) in [5.74, 6) is 1.10. The lowest BCUT2D eigenvalue weighted by Gasteiger charge is -2.18. The molecule has 1 aromatic carbocycles. The van der Waals surface area contributed by atoms with Crippen molar-refractivity contribution in [3.8, 4) is 0 Å². The topological polar surface area (TPSA) is 56.7 Å². The summed E-state index contributed by atoms with van der Waals surface area (Å²) in [6.45, 7) is 3.43. The maximum Gasteiger partial charge on any atom is 0.227 e. The molecule has 0 saturated carbocycles. The van der Waals surface area contributed by atoms with Gasteiger partial charge in [0.25, 0.3) is 0 Å². The molecule has 1 saturated heterocycles. The van der Waals surface area contributed by atoms with E-state index >= 15 is 0 Å². The molecule has 1 aromatic rings. The molecule has 2 aliphatic heterocycles. The van der Waals surface area contributed by atoms with Crippen molar-refractivity contribution < 1.29 is 4.79 Å². The molecule has 1 amide bonds. The second kappa shape index (κ2) is 5.94. The molecule has 1 fully saturated rings. The van der Waals surface area contributed by atoms with E-state index in [1.165, 1.54) is 0 Å². The minimum atomic E-state index is 0.230. The Morgan fingerprint density at radius 1 is 1.35 bits per heavy atom. The third-order valence-corrected chi connectivity index (χ3v) is 3.65. The largest absolute Gasteiger partial charge is 0.356 e. The maximum absolute atomic E-state index is 11.8. The molecule has 0 unspecified atom stereocenters. The molecule has 0 aliphatic carbocycles. The fraction of sp³-hybridized carbons (Fsp3) is 0.467. The van der Waals surface area contributed by atoms with Crippen LogP contribution in [-0.4, -0.2) is 31.5 Å². The van der Waals surface area contributed by atoms with E-state index in [-0.39, 0.29) is 5.91 Å². The molecular weight excluding hydrogens is 252 g/mol. The van der Waals surface area contributed by atoms with E-state index in [1.54, 1.807) is 0 Å². The highest BCUT2D eigenvalue weighted by molar-refractivity contribution is 5.95. The van der Waals surface area contributed by atoms with Crippen molar-refractivity contribution in [1.29, 1.82) is 0 Å². The van der Waals surface area contributed by atoms with Crippen LogP contribution in [0.25, 0.3) is 0 Å². The van der Waals surface area contributed by atoms with Crippen molar-refractivity contribution in [3.63, 3.8) is 0 Å². The quantitative estimate of drug-likeness (QED) is 0.871. The SMILES string of the molecule is O=C1CCCN1c1cccc(CNC2=NCCCN2)c1. The Kier molecular flexibility index (Phi) is 3.85. The highest BCUT2D eigenvalue weighted by Crippen LogP contribution is 2.22. The number of hydrogen-bond donors (Lipinski definition) is 2. The molecule has 2 aliphatic rings. The zero-order chi connectivity index (χ0) is 13.8. The molecule has 2 heterocycles. The second-order valence-corrected chi connectivity index (χ2v) is 5.18. The molecule has 0 atom stereocenters. The lowest BCUT2D eigenvalue weighted by Crippen LogP contribution is -2.40. The summed E-state index contributed by atoms with van der Waals surface area (Å²) < 4.78 is 0. The van der Waals surface area contributed by atoms with E-state index in [9.17, 15) is 4.79 Å². The summed E-state index contributed by atoms with van der Waals surface area (Å²) in [4.78, 5) is 18.0. The Morgan fingerprint density at radius 3 is 3.05 bits per heavy atom. The van der Waals surface area contributed by atoms with E-state index in [4.69, 9.17) is 0 Å². The predicted octanol–water partition coefficient (Wildman–Crippen LogP) is 1.25. The Balaban J connectivity index is 1.65. The number of nitrogens with zero attached hydrogens (tertiary/aromatic N) is 2. The van der Waals surface area contributed by atoms with Crippen molar-refractivity contribution in [2.24, 2.45) is 4.99 Å². The molecule has 106 valence electrons. The molecule has 2 N–H and O–H groups in total. The van der Waals surface area contributed by atoms with Gasteiger partial charge in [0.1, 0.15) is 0 Å². The van der Waals surface area contributed by atoms with Crippen molar-refractivity contribution in [2.75, 3.05) is 24.5 Å². The second-order valence-electron chi connectivity index (χ2n) is 5.18. The highest BCUT2D eigenvalue weighted by Gasteiger charge is 2.21. The first-order valence-electron chi connectivity index (χ1n) is 7.24. The minimum Gasteiger partial charge on any atom is -0.356 e. The normalized spacial score (nSPS) is 18.7. The van der Waals surface area contributed by atoms with Crippen LogP contribution < -0.4 is 15.5 Å². The number of hydrogen-bond acceptors (Lipinski definition) is 4. The van der Waals surface area contributed by atoms with Crippen LogP contribution in [-0.2, 0) is 11.3 Å². The fourth-order valence-corrected chi connectivity index (χ4v) is 2.59. The number of anilines is 1. The summed E-state index contributed by atoms with van der Waals surface area (Å²) in [6.07, 6.45) is 2.73. The number of carbonyl (C=O) groups is 1. The van der Waals surface area contributed by atoms with Gasteiger partial charge in [0.05, 0.1) is 0 Å². The first-order valence-corrected chi connectivity index (χ1v) is 7.24. The van der Waals surface area contributed by atoms with Crippen LogP contribution in [0.5, 0.6) is 0 Å². The molecule has 0 spiro atoms. The van der Waals surface area contributed by atoms with Gasteiger partial charge in [0, 0.05) is 38.3 Å². The molecule has 3 rings (SSSR count). The van der Waals surface area contributed by atoms with Crippen LogP contribution >= 0.6 is 0 Å². The highest BCUT2D eigenvalue weighted by atomic mass is 16.2. The number of carbonyl (C=O) groups excluding carboxylic acids is 1. The van der Waals surface area contributed by atoms with Gasteiger partial charge >= 0.3 is 0 Å². The number of benzene rings is 1. The van der Waals surface area contributed by atoms with Crippen LogP contribution in [0.3, 0.4) is 0 Å². The third-order valence-electron chi connectivity index (χ3n) is 3.65. The molecule has 0 radical (unpaired) electrons. The Hall–Kier alpha value is -2.04. The summed E-state index contributed by atoms with van der Waals surface area (Å²) >= 11 is 0. The van der Waals surface area contributed by atoms with Crippen molar-refractivity contribution >= 4 is 17.6 Å². The van der Waals surface area contributed by atoms with Gasteiger partial charge in [0.15, 0.2) is 5.96 Å². The lowest BCUT2D eigenvalue weighted by molar-refractivity contribution is -0.117. The predicted molar refractivity (Wildman–Crippen MR) is 79.8 cm³/mol. The van der Waals surface area contributed by atoms with E-state index in [2.05, 4.69) is 27.8 Å². The van der Waals surface area contributed by atoms with Crippen molar-refractivity contribution in [2.45, 2.75) is 25.8 Å². The van der Waals surface area contributed by atoms with Gasteiger partial charge in [-0.05, 0) is 30.5 Å². The third kappa shape index (κ3) is 2.92. The van der Waals surface area contributed by atoms with Gasteiger partial charge < -0.3 is 15.5 Å². The maximum atomic E-state index is 11.8. The van der Waals surface area contributed by atoms with Crippen molar-refractivity contribution in [3.05, 3.63) is 29.8 Å². The standard InChI is InChI=1S/C15H20N4O/c20-14-6-2-9-19(14)13-5-1-4-12(10-13)11-18-15-16-7-3-8-17-15/h1,4-5,10H,2-3,6-9,11H2,(H2,16,17,18). The smallest absolute Gasteiger partial charge is 0.227 e. The van der Waals surface area contributed by atoms with Crippen LogP contribution in [0, 0.1) is 0 Å². The van der Waals surface area contributed by atoms with Gasteiger partial charge in [-0.15, -0.1) is 0 Å². The van der Waals surface area contributed by atoms with Crippen molar-refractivity contribution in [1.82, 2.24) is 10.6 Å². The first-order chi connectivity index (χ1) is 9.83. The van der Waals surface area contributed by atoms with Crippen LogP contribution in [0.4, 0.5) is 5.69 Å². The molecule has 20 heavy (non-hydrogen) atoms. The average molecular weight is 272 g/mol. The summed E-state index contributed by atoms with van der Waals surface area (Å²) in [5.41, 5.74) is 2.17. The molecule has 0 aromatic heterocycles.